The standard InChI is InChI=1S/C22H26N6/c1-15-11-19-17(3)25-22(26-20(19)12-16(15)2)27-21-23-13-28(14-24-21)10-9-18-7-5-4-6-8-18/h4-8,11-12H,9-10,13-14H2,1-3H3,(H2,23,24,25,26,27)/p+1. The summed E-state index contributed by atoms with van der Waals surface area (Å²) >= 11 is 0. The third kappa shape index (κ3) is 4.12. The molecular weight excluding hydrogens is 348 g/mol. The van der Waals surface area contributed by atoms with Gasteiger partial charge in [0.15, 0.2) is 13.3 Å². The van der Waals surface area contributed by atoms with Crippen LogP contribution in [0.5, 0.6) is 0 Å². The first-order valence-corrected chi connectivity index (χ1v) is 9.77. The maximum absolute atomic E-state index is 4.68. The number of aromatic nitrogens is 2. The van der Waals surface area contributed by atoms with E-state index in [1.165, 1.54) is 21.6 Å². The molecule has 4 rings (SSSR count). The van der Waals surface area contributed by atoms with Crippen LogP contribution in [0, 0.1) is 20.8 Å². The Balaban J connectivity index is 1.41. The molecule has 0 bridgehead atoms. The predicted molar refractivity (Wildman–Crippen MR) is 114 cm³/mol. The summed E-state index contributed by atoms with van der Waals surface area (Å²) in [6, 6.07) is 14.9. The molecule has 0 fully saturated rings. The molecule has 1 aliphatic heterocycles. The van der Waals surface area contributed by atoms with Gasteiger partial charge in [-0.2, -0.15) is 4.99 Å². The van der Waals surface area contributed by atoms with E-state index in [-0.39, 0.29) is 0 Å². The van der Waals surface area contributed by atoms with E-state index in [0.29, 0.717) is 5.95 Å². The minimum atomic E-state index is 0.590. The van der Waals surface area contributed by atoms with Crippen molar-refractivity contribution in [2.45, 2.75) is 27.2 Å². The Morgan fingerprint density at radius 1 is 1.04 bits per heavy atom. The number of fused-ring (bicyclic) bond motifs is 1. The molecule has 0 aliphatic carbocycles. The van der Waals surface area contributed by atoms with Crippen LogP contribution >= 0.6 is 0 Å². The van der Waals surface area contributed by atoms with Gasteiger partial charge in [0.2, 0.25) is 11.9 Å². The van der Waals surface area contributed by atoms with E-state index in [2.05, 4.69) is 81.9 Å². The number of hydrogen-bond acceptors (Lipinski definition) is 5. The highest BCUT2D eigenvalue weighted by atomic mass is 15.4. The topological polar surface area (TPSA) is 66.6 Å². The molecule has 0 spiro atoms. The van der Waals surface area contributed by atoms with Crippen molar-refractivity contribution in [2.75, 3.05) is 25.2 Å². The van der Waals surface area contributed by atoms with Crippen molar-refractivity contribution in [1.29, 1.82) is 0 Å². The summed E-state index contributed by atoms with van der Waals surface area (Å²) in [5.74, 6) is 1.33. The summed E-state index contributed by atoms with van der Waals surface area (Å²) < 4.78 is 0. The Kier molecular flexibility index (Phi) is 5.21. The fraction of sp³-hybridized carbons (Fsp3) is 0.318. The van der Waals surface area contributed by atoms with Gasteiger partial charge in [-0.15, -0.1) is 0 Å². The zero-order valence-electron chi connectivity index (χ0n) is 16.7. The van der Waals surface area contributed by atoms with Gasteiger partial charge >= 0.3 is 0 Å². The maximum atomic E-state index is 4.68. The van der Waals surface area contributed by atoms with E-state index >= 15 is 0 Å². The zero-order chi connectivity index (χ0) is 19.5. The molecule has 1 unspecified atom stereocenters. The molecule has 144 valence electrons. The van der Waals surface area contributed by atoms with Crippen LogP contribution in [0.1, 0.15) is 22.4 Å². The van der Waals surface area contributed by atoms with Crippen molar-refractivity contribution in [3.8, 4) is 0 Å². The highest BCUT2D eigenvalue weighted by Gasteiger charge is 2.16. The normalized spacial score (nSPS) is 16.5. The number of aryl methyl sites for hydroxylation is 3. The van der Waals surface area contributed by atoms with Gasteiger partial charge in [0.05, 0.1) is 17.8 Å². The number of anilines is 1. The summed E-state index contributed by atoms with van der Waals surface area (Å²) in [6.07, 6.45) is 1.06. The predicted octanol–water partition coefficient (Wildman–Crippen LogP) is 1.97. The van der Waals surface area contributed by atoms with Crippen molar-refractivity contribution < 1.29 is 4.90 Å². The summed E-state index contributed by atoms with van der Waals surface area (Å²) in [6.45, 7) is 8.88. The molecule has 3 N–H and O–H groups in total. The maximum Gasteiger partial charge on any atom is 0.230 e. The second-order valence-electron chi connectivity index (χ2n) is 7.47. The van der Waals surface area contributed by atoms with Crippen LogP contribution in [0.4, 0.5) is 5.95 Å². The molecule has 1 aliphatic rings. The third-order valence-electron chi connectivity index (χ3n) is 5.31. The van der Waals surface area contributed by atoms with E-state index < -0.39 is 0 Å². The molecule has 6 nitrogen and oxygen atoms in total. The van der Waals surface area contributed by atoms with Crippen LogP contribution in [0.3, 0.4) is 0 Å². The van der Waals surface area contributed by atoms with Crippen LogP contribution in [0.2, 0.25) is 0 Å². The van der Waals surface area contributed by atoms with Gasteiger partial charge in [-0.05, 0) is 49.6 Å². The number of benzene rings is 2. The molecule has 0 amide bonds. The second-order valence-corrected chi connectivity index (χ2v) is 7.47. The number of rotatable bonds is 4. The third-order valence-corrected chi connectivity index (χ3v) is 5.31. The molecule has 1 aromatic heterocycles. The Morgan fingerprint density at radius 2 is 1.82 bits per heavy atom. The molecule has 0 saturated heterocycles. The molecular formula is C22H27N6+. The largest absolute Gasteiger partial charge is 0.309 e. The van der Waals surface area contributed by atoms with E-state index in [1.54, 1.807) is 0 Å². The molecule has 3 aromatic rings. The van der Waals surface area contributed by atoms with Gasteiger partial charge in [0.1, 0.15) is 0 Å². The Labute approximate surface area is 165 Å². The lowest BCUT2D eigenvalue weighted by Crippen LogP contribution is -3.14. The van der Waals surface area contributed by atoms with Crippen molar-refractivity contribution in [1.82, 2.24) is 15.3 Å². The van der Waals surface area contributed by atoms with E-state index in [1.807, 2.05) is 6.92 Å². The minimum absolute atomic E-state index is 0.590. The van der Waals surface area contributed by atoms with E-state index in [4.69, 9.17) is 0 Å². The molecule has 2 aromatic carbocycles. The first-order chi connectivity index (χ1) is 13.6. The van der Waals surface area contributed by atoms with Gasteiger partial charge in [0.25, 0.3) is 0 Å². The van der Waals surface area contributed by atoms with Gasteiger partial charge in [-0.25, -0.2) is 9.97 Å². The van der Waals surface area contributed by atoms with Gasteiger partial charge in [-0.3, -0.25) is 10.2 Å². The molecule has 2 heterocycles. The zero-order valence-corrected chi connectivity index (χ0v) is 16.7. The Morgan fingerprint density at radius 3 is 2.57 bits per heavy atom. The van der Waals surface area contributed by atoms with Gasteiger partial charge in [0, 0.05) is 11.8 Å². The Hall–Kier alpha value is -2.99. The van der Waals surface area contributed by atoms with Crippen LogP contribution in [-0.4, -0.2) is 35.8 Å². The molecule has 28 heavy (non-hydrogen) atoms. The second kappa shape index (κ2) is 7.94. The number of aliphatic imine (C=N–C) groups is 1. The van der Waals surface area contributed by atoms with Crippen molar-refractivity contribution in [2.24, 2.45) is 4.99 Å². The number of quaternary nitrogens is 1. The summed E-state index contributed by atoms with van der Waals surface area (Å²) in [5.41, 5.74) is 5.80. The van der Waals surface area contributed by atoms with Gasteiger partial charge in [-0.1, -0.05) is 30.3 Å². The van der Waals surface area contributed by atoms with Crippen LogP contribution in [0.15, 0.2) is 47.5 Å². The van der Waals surface area contributed by atoms with Crippen LogP contribution < -0.4 is 15.5 Å². The number of hydrogen-bond donors (Lipinski definition) is 3. The van der Waals surface area contributed by atoms with E-state index in [0.717, 1.165) is 48.9 Å². The van der Waals surface area contributed by atoms with E-state index in [9.17, 15) is 0 Å². The molecule has 6 heteroatoms. The van der Waals surface area contributed by atoms with Gasteiger partial charge < -0.3 is 5.32 Å². The number of nitrogens with one attached hydrogen (secondary N) is 3. The highest BCUT2D eigenvalue weighted by molar-refractivity contribution is 5.93. The fourth-order valence-electron chi connectivity index (χ4n) is 3.43. The summed E-state index contributed by atoms with van der Waals surface area (Å²) in [7, 11) is 0. The minimum Gasteiger partial charge on any atom is -0.309 e. The van der Waals surface area contributed by atoms with Crippen molar-refractivity contribution in [3.05, 3.63) is 64.8 Å². The highest BCUT2D eigenvalue weighted by Crippen LogP contribution is 2.21. The monoisotopic (exact) mass is 375 g/mol. The first-order valence-electron chi connectivity index (χ1n) is 9.77. The SMILES string of the molecule is Cc1cc2nc(NC3=NC[NH+](CCc4ccccc4)CN3)nc(C)c2cc1C. The first kappa shape index (κ1) is 18.4. The number of guanidine groups is 1. The average Bonchev–Trinajstić information content (AvgIpc) is 2.70. The lowest BCUT2D eigenvalue weighted by atomic mass is 10.1. The van der Waals surface area contributed by atoms with Crippen LogP contribution in [0.25, 0.3) is 10.9 Å². The van der Waals surface area contributed by atoms with Crippen molar-refractivity contribution >= 4 is 22.8 Å². The summed E-state index contributed by atoms with van der Waals surface area (Å²) in [4.78, 5) is 15.3. The van der Waals surface area contributed by atoms with Crippen molar-refractivity contribution in [3.63, 3.8) is 0 Å². The molecule has 0 saturated carbocycles. The quantitative estimate of drug-likeness (QED) is 0.652. The van der Waals surface area contributed by atoms with Crippen LogP contribution in [-0.2, 0) is 6.42 Å². The summed E-state index contributed by atoms with van der Waals surface area (Å²) in [5, 5.41) is 7.71. The fourth-order valence-corrected chi connectivity index (χ4v) is 3.43. The number of nitrogens with zero attached hydrogens (tertiary/aromatic N) is 3. The average molecular weight is 376 g/mol. The lowest BCUT2D eigenvalue weighted by Gasteiger charge is -2.24. The smallest absolute Gasteiger partial charge is 0.230 e. The molecule has 0 radical (unpaired) electrons. The Bertz CT molecular complexity index is 1010. The lowest BCUT2D eigenvalue weighted by molar-refractivity contribution is -0.902. The molecule has 1 atom stereocenters.